The lowest BCUT2D eigenvalue weighted by molar-refractivity contribution is -0.175. The molecule has 3 N–H and O–H groups in total. The van der Waals surface area contributed by atoms with Gasteiger partial charge in [-0.05, 0) is 47.5 Å². The Labute approximate surface area is 175 Å². The van der Waals surface area contributed by atoms with Crippen molar-refractivity contribution >= 4 is 40.9 Å². The van der Waals surface area contributed by atoms with Crippen LogP contribution in [0.3, 0.4) is 0 Å². The number of benzene rings is 2. The first kappa shape index (κ1) is 20.1. The molecule has 1 atom stereocenters. The zero-order valence-electron chi connectivity index (χ0n) is 15.6. The second-order valence-corrected chi connectivity index (χ2v) is 7.51. The molecule has 2 aromatic rings. The zero-order chi connectivity index (χ0) is 21.5. The molecule has 0 bridgehead atoms. The van der Waals surface area contributed by atoms with Gasteiger partial charge in [-0.1, -0.05) is 11.6 Å². The first-order valence-corrected chi connectivity index (χ1v) is 9.50. The summed E-state index contributed by atoms with van der Waals surface area (Å²) in [6.45, 7) is 0.0262. The van der Waals surface area contributed by atoms with Crippen molar-refractivity contribution < 1.29 is 28.6 Å². The van der Waals surface area contributed by atoms with Crippen molar-refractivity contribution in [3.63, 3.8) is 0 Å². The highest BCUT2D eigenvalue weighted by Crippen LogP contribution is 2.33. The molecular weight excluding hydrogens is 417 g/mol. The SMILES string of the molecule is O=C1Cc2cc(N3CC[C@@](O)(OC(=O)NCc4cc(F)cc(Cl)c4)C3=O)ccc2N1. The van der Waals surface area contributed by atoms with Crippen LogP contribution in [0.1, 0.15) is 17.5 Å². The molecule has 4 rings (SSSR count). The minimum Gasteiger partial charge on any atom is -0.407 e. The summed E-state index contributed by atoms with van der Waals surface area (Å²) in [7, 11) is 0. The number of fused-ring (bicyclic) bond motifs is 1. The Hall–Kier alpha value is -3.17. The Kier molecular flexibility index (Phi) is 5.08. The molecule has 2 aliphatic heterocycles. The molecule has 3 amide bonds. The van der Waals surface area contributed by atoms with E-state index in [1.165, 1.54) is 17.0 Å². The number of hydrogen-bond acceptors (Lipinski definition) is 5. The number of amides is 3. The number of nitrogens with one attached hydrogen (secondary N) is 2. The van der Waals surface area contributed by atoms with Gasteiger partial charge < -0.3 is 25.4 Å². The summed E-state index contributed by atoms with van der Waals surface area (Å²) in [4.78, 5) is 37.6. The summed E-state index contributed by atoms with van der Waals surface area (Å²) in [6.07, 6.45) is -0.950. The molecule has 0 aromatic heterocycles. The Morgan fingerprint density at radius 3 is 2.87 bits per heavy atom. The standard InChI is InChI=1S/C20H17ClFN3O5/c21-13-5-11(6-14(22)9-13)10-23-19(28)30-20(29)3-4-25(18(20)27)15-1-2-16-12(7-15)8-17(26)24-16/h1-2,5-7,9,29H,3-4,8,10H2,(H,23,28)(H,24,26)/t20-/m1/s1. The number of alkyl carbamates (subject to hydrolysis) is 1. The quantitative estimate of drug-likeness (QED) is 0.641. The summed E-state index contributed by atoms with van der Waals surface area (Å²) >= 11 is 5.76. The van der Waals surface area contributed by atoms with E-state index in [1.54, 1.807) is 18.2 Å². The largest absolute Gasteiger partial charge is 0.410 e. The number of aliphatic hydroxyl groups is 1. The number of nitrogens with zero attached hydrogens (tertiary/aromatic N) is 1. The van der Waals surface area contributed by atoms with Gasteiger partial charge in [0.2, 0.25) is 5.91 Å². The Morgan fingerprint density at radius 2 is 2.10 bits per heavy atom. The summed E-state index contributed by atoms with van der Waals surface area (Å²) in [5.41, 5.74) is 2.31. The van der Waals surface area contributed by atoms with E-state index in [0.29, 0.717) is 16.9 Å². The van der Waals surface area contributed by atoms with E-state index < -0.39 is 23.6 Å². The lowest BCUT2D eigenvalue weighted by Crippen LogP contribution is -2.46. The van der Waals surface area contributed by atoms with Gasteiger partial charge in [0.15, 0.2) is 0 Å². The lowest BCUT2D eigenvalue weighted by atomic mass is 10.1. The second kappa shape index (κ2) is 7.58. The molecule has 10 heteroatoms. The van der Waals surface area contributed by atoms with Crippen LogP contribution in [0.15, 0.2) is 36.4 Å². The van der Waals surface area contributed by atoms with Crippen LogP contribution >= 0.6 is 11.6 Å². The number of ether oxygens (including phenoxy) is 1. The molecule has 0 spiro atoms. The van der Waals surface area contributed by atoms with Gasteiger partial charge in [-0.3, -0.25) is 9.59 Å². The van der Waals surface area contributed by atoms with E-state index in [0.717, 1.165) is 11.6 Å². The molecule has 0 unspecified atom stereocenters. The van der Waals surface area contributed by atoms with E-state index in [1.807, 2.05) is 0 Å². The fraction of sp³-hybridized carbons (Fsp3) is 0.250. The summed E-state index contributed by atoms with van der Waals surface area (Å²) in [5, 5.41) is 15.8. The van der Waals surface area contributed by atoms with Crippen molar-refractivity contribution in [3.05, 3.63) is 58.4 Å². The number of anilines is 2. The Bertz CT molecular complexity index is 1040. The average molecular weight is 434 g/mol. The topological polar surface area (TPSA) is 108 Å². The molecule has 1 fully saturated rings. The first-order chi connectivity index (χ1) is 14.2. The first-order valence-electron chi connectivity index (χ1n) is 9.12. The van der Waals surface area contributed by atoms with Crippen LogP contribution in [0, 0.1) is 5.82 Å². The van der Waals surface area contributed by atoms with E-state index >= 15 is 0 Å². The zero-order valence-corrected chi connectivity index (χ0v) is 16.3. The molecule has 2 heterocycles. The number of rotatable bonds is 4. The second-order valence-electron chi connectivity index (χ2n) is 7.08. The number of carbonyl (C=O) groups is 3. The summed E-state index contributed by atoms with van der Waals surface area (Å²) in [5.74, 6) is -3.80. The van der Waals surface area contributed by atoms with Gasteiger partial charge >= 0.3 is 6.09 Å². The van der Waals surface area contributed by atoms with Crippen LogP contribution in [-0.4, -0.2) is 35.3 Å². The van der Waals surface area contributed by atoms with Crippen LogP contribution in [0.5, 0.6) is 0 Å². The summed E-state index contributed by atoms with van der Waals surface area (Å²) in [6, 6.07) is 8.79. The number of hydrogen-bond donors (Lipinski definition) is 3. The van der Waals surface area contributed by atoms with Gasteiger partial charge in [-0.25, -0.2) is 9.18 Å². The van der Waals surface area contributed by atoms with Gasteiger partial charge in [-0.15, -0.1) is 0 Å². The van der Waals surface area contributed by atoms with Crippen LogP contribution < -0.4 is 15.5 Å². The maximum Gasteiger partial charge on any atom is 0.410 e. The minimum atomic E-state index is -2.32. The van der Waals surface area contributed by atoms with Crippen LogP contribution in [-0.2, 0) is 27.3 Å². The third kappa shape index (κ3) is 3.94. The average Bonchev–Trinajstić information content (AvgIpc) is 3.18. The highest BCUT2D eigenvalue weighted by Gasteiger charge is 2.49. The molecule has 2 aromatic carbocycles. The smallest absolute Gasteiger partial charge is 0.407 e. The normalized spacial score (nSPS) is 20.2. The summed E-state index contributed by atoms with van der Waals surface area (Å²) < 4.78 is 18.3. The molecule has 8 nitrogen and oxygen atoms in total. The van der Waals surface area contributed by atoms with Crippen molar-refractivity contribution in [1.29, 1.82) is 0 Å². The van der Waals surface area contributed by atoms with Crippen molar-refractivity contribution in [1.82, 2.24) is 5.32 Å². The van der Waals surface area contributed by atoms with E-state index in [4.69, 9.17) is 16.3 Å². The maximum absolute atomic E-state index is 13.4. The Morgan fingerprint density at radius 1 is 1.30 bits per heavy atom. The van der Waals surface area contributed by atoms with Gasteiger partial charge in [-0.2, -0.15) is 0 Å². The predicted octanol–water partition coefficient (Wildman–Crippen LogP) is 2.33. The van der Waals surface area contributed by atoms with Crippen molar-refractivity contribution in [3.8, 4) is 0 Å². The number of carbonyl (C=O) groups excluding carboxylic acids is 3. The predicted molar refractivity (Wildman–Crippen MR) is 105 cm³/mol. The minimum absolute atomic E-state index is 0.101. The molecule has 156 valence electrons. The fourth-order valence-electron chi connectivity index (χ4n) is 3.48. The maximum atomic E-state index is 13.4. The third-order valence-electron chi connectivity index (χ3n) is 4.90. The van der Waals surface area contributed by atoms with Crippen LogP contribution in [0.4, 0.5) is 20.6 Å². The molecule has 30 heavy (non-hydrogen) atoms. The molecule has 1 saturated heterocycles. The molecular formula is C20H17ClFN3O5. The molecule has 0 saturated carbocycles. The van der Waals surface area contributed by atoms with Crippen molar-refractivity contribution in [2.75, 3.05) is 16.8 Å². The van der Waals surface area contributed by atoms with Crippen molar-refractivity contribution in [2.45, 2.75) is 25.2 Å². The Balaban J connectivity index is 1.40. The monoisotopic (exact) mass is 433 g/mol. The highest BCUT2D eigenvalue weighted by molar-refractivity contribution is 6.30. The van der Waals surface area contributed by atoms with E-state index in [2.05, 4.69) is 10.6 Å². The number of halogens is 2. The van der Waals surface area contributed by atoms with E-state index in [-0.39, 0.29) is 36.9 Å². The molecule has 0 radical (unpaired) electrons. The van der Waals surface area contributed by atoms with E-state index in [9.17, 15) is 23.9 Å². The molecule has 0 aliphatic carbocycles. The highest BCUT2D eigenvalue weighted by atomic mass is 35.5. The third-order valence-corrected chi connectivity index (χ3v) is 5.12. The molecule has 2 aliphatic rings. The lowest BCUT2D eigenvalue weighted by Gasteiger charge is -2.22. The van der Waals surface area contributed by atoms with Gasteiger partial charge in [0.05, 0.1) is 6.42 Å². The van der Waals surface area contributed by atoms with Gasteiger partial charge in [0.25, 0.3) is 11.7 Å². The van der Waals surface area contributed by atoms with Crippen LogP contribution in [0.2, 0.25) is 5.02 Å². The van der Waals surface area contributed by atoms with Crippen LogP contribution in [0.25, 0.3) is 0 Å². The fourth-order valence-corrected chi connectivity index (χ4v) is 3.73. The van der Waals surface area contributed by atoms with Crippen molar-refractivity contribution in [2.24, 2.45) is 0 Å². The van der Waals surface area contributed by atoms with Gasteiger partial charge in [0.1, 0.15) is 5.82 Å². The van der Waals surface area contributed by atoms with Gasteiger partial charge in [0, 0.05) is 35.9 Å².